The molecule has 1 saturated carbocycles. The van der Waals surface area contributed by atoms with Gasteiger partial charge < -0.3 is 19.9 Å². The lowest BCUT2D eigenvalue weighted by atomic mass is 9.90. The van der Waals surface area contributed by atoms with Crippen LogP contribution < -0.4 is 5.32 Å². The molecule has 12 heteroatoms. The van der Waals surface area contributed by atoms with Crippen LogP contribution in [0.5, 0.6) is 0 Å². The molecule has 2 aliphatic heterocycles. The Morgan fingerprint density at radius 2 is 1.50 bits per heavy atom. The number of anilines is 1. The molecule has 0 unspecified atom stereocenters. The first kappa shape index (κ1) is 28.0. The molecule has 0 bridgehead atoms. The van der Waals surface area contributed by atoms with Crippen molar-refractivity contribution in [3.05, 3.63) is 29.8 Å². The number of alkyl halides is 3. The average molecular weight is 540 g/mol. The van der Waals surface area contributed by atoms with E-state index in [0.717, 1.165) is 25.0 Å². The largest absolute Gasteiger partial charge is 0.444 e. The summed E-state index contributed by atoms with van der Waals surface area (Å²) in [7, 11) is 0. The fourth-order valence-corrected chi connectivity index (χ4v) is 4.92. The molecular weight excluding hydrogens is 503 g/mol. The van der Waals surface area contributed by atoms with Crippen LogP contribution in [-0.2, 0) is 15.7 Å². The number of ether oxygens (including phenoxy) is 1. The van der Waals surface area contributed by atoms with Gasteiger partial charge in [0.25, 0.3) is 0 Å². The molecule has 210 valence electrons. The lowest BCUT2D eigenvalue weighted by Crippen LogP contribution is -2.65. The number of halogens is 3. The first-order valence-electron chi connectivity index (χ1n) is 13.1. The Morgan fingerprint density at radius 1 is 0.895 bits per heavy atom. The molecule has 1 aromatic carbocycles. The van der Waals surface area contributed by atoms with Crippen molar-refractivity contribution in [1.29, 1.82) is 0 Å². The second kappa shape index (κ2) is 11.0. The fourth-order valence-electron chi connectivity index (χ4n) is 4.92. The monoisotopic (exact) mass is 539 g/mol. The highest BCUT2D eigenvalue weighted by Crippen LogP contribution is 2.30. The third kappa shape index (κ3) is 6.69. The van der Waals surface area contributed by atoms with E-state index < -0.39 is 35.5 Å². The van der Waals surface area contributed by atoms with E-state index in [4.69, 9.17) is 4.74 Å². The van der Waals surface area contributed by atoms with Gasteiger partial charge in [-0.05, 0) is 57.9 Å². The molecule has 0 spiro atoms. The van der Waals surface area contributed by atoms with Gasteiger partial charge in [-0.2, -0.15) is 13.2 Å². The molecule has 4 rings (SSSR count). The Morgan fingerprint density at radius 3 is 2.03 bits per heavy atom. The number of carbonyl (C=O) groups excluding carboxylic acids is 3. The number of piperazine rings is 2. The Kier molecular flexibility index (Phi) is 8.10. The Labute approximate surface area is 220 Å². The second-order valence-electron chi connectivity index (χ2n) is 11.1. The molecule has 2 heterocycles. The van der Waals surface area contributed by atoms with Crippen molar-refractivity contribution in [3.8, 4) is 0 Å². The first-order chi connectivity index (χ1) is 17.8. The summed E-state index contributed by atoms with van der Waals surface area (Å²) in [5, 5.41) is 2.61. The molecule has 3 fully saturated rings. The zero-order valence-electron chi connectivity index (χ0n) is 22.1. The van der Waals surface area contributed by atoms with Crippen LogP contribution in [0, 0.1) is 0 Å². The van der Waals surface area contributed by atoms with Crippen LogP contribution in [0.15, 0.2) is 24.3 Å². The Hall–Kier alpha value is -3.02. The molecule has 1 aliphatic carbocycles. The predicted molar refractivity (Wildman–Crippen MR) is 135 cm³/mol. The van der Waals surface area contributed by atoms with Crippen molar-refractivity contribution >= 4 is 23.7 Å². The van der Waals surface area contributed by atoms with Crippen molar-refractivity contribution in [2.24, 2.45) is 0 Å². The Balaban J connectivity index is 1.35. The van der Waals surface area contributed by atoms with E-state index >= 15 is 0 Å². The molecule has 3 aliphatic rings. The van der Waals surface area contributed by atoms with E-state index in [-0.39, 0.29) is 24.7 Å². The summed E-state index contributed by atoms with van der Waals surface area (Å²) in [5.74, 6) is -0.164. The lowest BCUT2D eigenvalue weighted by molar-refractivity contribution is -0.141. The summed E-state index contributed by atoms with van der Waals surface area (Å²) in [6.07, 6.45) is -1.58. The van der Waals surface area contributed by atoms with Crippen molar-refractivity contribution < 1.29 is 32.3 Å². The third-order valence-electron chi connectivity index (χ3n) is 7.26. The maximum absolute atomic E-state index is 13.6. The fraction of sp³-hybridized carbons (Fsp3) is 0.654. The second-order valence-corrected chi connectivity index (χ2v) is 11.1. The molecule has 0 aromatic heterocycles. The van der Waals surface area contributed by atoms with Crippen molar-refractivity contribution in [2.45, 2.75) is 63.9 Å². The van der Waals surface area contributed by atoms with E-state index in [2.05, 4.69) is 10.2 Å². The third-order valence-corrected chi connectivity index (χ3v) is 7.26. The van der Waals surface area contributed by atoms with Crippen LogP contribution in [0.1, 0.15) is 45.6 Å². The Bertz CT molecular complexity index is 1020. The number of hydrogen-bond acceptors (Lipinski definition) is 5. The number of carbonyl (C=O) groups is 3. The van der Waals surface area contributed by atoms with Crippen molar-refractivity contribution in [2.75, 3.05) is 51.1 Å². The van der Waals surface area contributed by atoms with E-state index in [9.17, 15) is 27.6 Å². The van der Waals surface area contributed by atoms with E-state index in [1.807, 2.05) is 0 Å². The number of nitrogens with one attached hydrogen (secondary N) is 1. The number of nitrogens with zero attached hydrogens (tertiary/aromatic N) is 4. The lowest BCUT2D eigenvalue weighted by Gasteiger charge is -2.47. The zero-order valence-corrected chi connectivity index (χ0v) is 22.1. The molecule has 9 nitrogen and oxygen atoms in total. The van der Waals surface area contributed by atoms with Gasteiger partial charge in [-0.15, -0.1) is 0 Å². The van der Waals surface area contributed by atoms with Gasteiger partial charge in [0.15, 0.2) is 0 Å². The summed E-state index contributed by atoms with van der Waals surface area (Å²) in [5.41, 5.74) is -1.21. The number of rotatable bonds is 3. The van der Waals surface area contributed by atoms with Gasteiger partial charge in [-0.1, -0.05) is 6.42 Å². The van der Waals surface area contributed by atoms with Crippen LogP contribution in [-0.4, -0.2) is 101 Å². The van der Waals surface area contributed by atoms with Gasteiger partial charge in [0, 0.05) is 57.5 Å². The summed E-state index contributed by atoms with van der Waals surface area (Å²) in [6, 6.07) is 3.59. The molecule has 0 radical (unpaired) electrons. The molecule has 1 N–H and O–H groups in total. The SMILES string of the molecule is CC(C)(C)OC(=O)N1CCN(C2CCC2)C[C@@H]1C(=O)N1CCN(C(=O)Nc2ccc(C(F)(F)F)cc2)CC1. The standard InChI is InChI=1S/C26H36F3N5O4/c1-25(2,3)38-24(37)34-16-15-33(20-5-4-6-20)17-21(34)22(35)31-11-13-32(14-12-31)23(36)30-19-9-7-18(8-10-19)26(27,28)29/h7-10,20-21H,4-6,11-17H2,1-3H3,(H,30,36)/t21-/m1/s1. The minimum Gasteiger partial charge on any atom is -0.444 e. The topological polar surface area (TPSA) is 85.4 Å². The highest BCUT2D eigenvalue weighted by Gasteiger charge is 2.42. The highest BCUT2D eigenvalue weighted by molar-refractivity contribution is 5.90. The molecule has 2 saturated heterocycles. The normalized spacial score (nSPS) is 21.6. The quantitative estimate of drug-likeness (QED) is 0.631. The van der Waals surface area contributed by atoms with Crippen molar-refractivity contribution in [1.82, 2.24) is 19.6 Å². The van der Waals surface area contributed by atoms with Crippen LogP contribution in [0.25, 0.3) is 0 Å². The number of hydrogen-bond donors (Lipinski definition) is 1. The molecule has 1 atom stereocenters. The maximum Gasteiger partial charge on any atom is 0.416 e. The zero-order chi connectivity index (χ0) is 27.7. The van der Waals surface area contributed by atoms with Gasteiger partial charge in [0.2, 0.25) is 5.91 Å². The van der Waals surface area contributed by atoms with Crippen LogP contribution in [0.2, 0.25) is 0 Å². The summed E-state index contributed by atoms with van der Waals surface area (Å²) < 4.78 is 43.9. The summed E-state index contributed by atoms with van der Waals surface area (Å²) >= 11 is 0. The number of benzene rings is 1. The minimum absolute atomic E-state index is 0.164. The van der Waals surface area contributed by atoms with Gasteiger partial charge >= 0.3 is 18.3 Å². The maximum atomic E-state index is 13.6. The van der Waals surface area contributed by atoms with E-state index in [0.29, 0.717) is 38.8 Å². The minimum atomic E-state index is -4.45. The summed E-state index contributed by atoms with van der Waals surface area (Å²) in [6.45, 7) is 8.07. The first-order valence-corrected chi connectivity index (χ1v) is 13.1. The smallest absolute Gasteiger partial charge is 0.416 e. The van der Waals surface area contributed by atoms with Gasteiger partial charge in [0.05, 0.1) is 5.56 Å². The van der Waals surface area contributed by atoms with Crippen molar-refractivity contribution in [3.63, 3.8) is 0 Å². The highest BCUT2D eigenvalue weighted by atomic mass is 19.4. The molecule has 38 heavy (non-hydrogen) atoms. The van der Waals surface area contributed by atoms with Gasteiger partial charge in [0.1, 0.15) is 11.6 Å². The van der Waals surface area contributed by atoms with Gasteiger partial charge in [-0.25, -0.2) is 9.59 Å². The van der Waals surface area contributed by atoms with Gasteiger partial charge in [-0.3, -0.25) is 14.6 Å². The van der Waals surface area contributed by atoms with E-state index in [1.165, 1.54) is 28.4 Å². The molecule has 1 aromatic rings. The molecular formula is C26H36F3N5O4. The number of urea groups is 1. The average Bonchev–Trinajstić information content (AvgIpc) is 2.81. The van der Waals surface area contributed by atoms with Crippen LogP contribution in [0.3, 0.4) is 0 Å². The summed E-state index contributed by atoms with van der Waals surface area (Å²) in [4.78, 5) is 46.3. The number of amides is 4. The predicted octanol–water partition coefficient (Wildman–Crippen LogP) is 3.86. The van der Waals surface area contributed by atoms with Crippen LogP contribution >= 0.6 is 0 Å². The molecule has 4 amide bonds. The van der Waals surface area contributed by atoms with Crippen LogP contribution in [0.4, 0.5) is 28.4 Å². The van der Waals surface area contributed by atoms with E-state index in [1.54, 1.807) is 25.7 Å².